The molecule has 3 nitrogen and oxygen atoms in total. The van der Waals surface area contributed by atoms with E-state index in [1.807, 2.05) is 13.1 Å². The van der Waals surface area contributed by atoms with Crippen molar-refractivity contribution in [3.05, 3.63) is 29.5 Å². The molecule has 1 aliphatic rings. The molecule has 2 aromatic rings. The van der Waals surface area contributed by atoms with Gasteiger partial charge in [-0.3, -0.25) is 4.68 Å². The van der Waals surface area contributed by atoms with Gasteiger partial charge in [0.25, 0.3) is 0 Å². The summed E-state index contributed by atoms with van der Waals surface area (Å²) in [7, 11) is 0. The third-order valence-corrected chi connectivity index (χ3v) is 3.93. The highest BCUT2D eigenvalue weighted by Gasteiger charge is 2.20. The molecule has 1 aliphatic carbocycles. The summed E-state index contributed by atoms with van der Waals surface area (Å²) in [5.41, 5.74) is 10.2. The van der Waals surface area contributed by atoms with Gasteiger partial charge in [-0.15, -0.1) is 0 Å². The molecule has 2 atom stereocenters. The lowest BCUT2D eigenvalue weighted by Gasteiger charge is -2.23. The molecule has 0 unspecified atom stereocenters. The lowest BCUT2D eigenvalue weighted by molar-refractivity contribution is 0.498. The van der Waals surface area contributed by atoms with E-state index >= 15 is 0 Å². The molecule has 0 saturated carbocycles. The third-order valence-electron chi connectivity index (χ3n) is 3.93. The lowest BCUT2D eigenvalue weighted by atomic mass is 9.84. The number of aryl methyl sites for hydroxylation is 1. The van der Waals surface area contributed by atoms with Crippen molar-refractivity contribution in [2.75, 3.05) is 0 Å². The quantitative estimate of drug-likeness (QED) is 0.880. The second-order valence-corrected chi connectivity index (χ2v) is 5.79. The van der Waals surface area contributed by atoms with E-state index in [1.165, 1.54) is 41.3 Å². The number of rotatable bonds is 2. The lowest BCUT2D eigenvalue weighted by Crippen LogP contribution is -2.23. The smallest absolute Gasteiger partial charge is 0.0717 e. The van der Waals surface area contributed by atoms with Crippen LogP contribution in [0.1, 0.15) is 31.4 Å². The van der Waals surface area contributed by atoms with Crippen LogP contribution in [0, 0.1) is 5.92 Å². The van der Waals surface area contributed by atoms with Gasteiger partial charge in [0, 0.05) is 11.4 Å². The summed E-state index contributed by atoms with van der Waals surface area (Å²) in [6, 6.07) is 4.63. The number of benzene rings is 1. The van der Waals surface area contributed by atoms with Crippen molar-refractivity contribution in [3.8, 4) is 0 Å². The second-order valence-electron chi connectivity index (χ2n) is 5.79. The van der Waals surface area contributed by atoms with E-state index in [2.05, 4.69) is 28.8 Å². The molecule has 0 saturated heterocycles. The second kappa shape index (κ2) is 4.39. The highest BCUT2D eigenvalue weighted by Crippen LogP contribution is 2.31. The first kappa shape index (κ1) is 11.7. The Kier molecular flexibility index (Phi) is 2.86. The Hall–Kier alpha value is -1.35. The molecule has 1 heterocycles. The number of nitrogens with zero attached hydrogens (tertiary/aromatic N) is 2. The van der Waals surface area contributed by atoms with Crippen LogP contribution in [-0.4, -0.2) is 15.8 Å². The van der Waals surface area contributed by atoms with Gasteiger partial charge >= 0.3 is 0 Å². The number of nitrogens with two attached hydrogens (primary N) is 1. The van der Waals surface area contributed by atoms with Crippen LogP contribution in [0.25, 0.3) is 10.9 Å². The molecule has 1 aromatic carbocycles. The van der Waals surface area contributed by atoms with E-state index in [1.54, 1.807) is 0 Å². The Morgan fingerprint density at radius 1 is 1.50 bits per heavy atom. The van der Waals surface area contributed by atoms with Crippen molar-refractivity contribution in [1.29, 1.82) is 0 Å². The maximum atomic E-state index is 5.92. The summed E-state index contributed by atoms with van der Waals surface area (Å²) < 4.78 is 2.09. The van der Waals surface area contributed by atoms with E-state index in [4.69, 9.17) is 5.73 Å². The van der Waals surface area contributed by atoms with Crippen molar-refractivity contribution in [2.24, 2.45) is 11.7 Å². The maximum absolute atomic E-state index is 5.92. The van der Waals surface area contributed by atoms with Crippen molar-refractivity contribution in [2.45, 2.75) is 45.7 Å². The Morgan fingerprint density at radius 2 is 2.33 bits per heavy atom. The summed E-state index contributed by atoms with van der Waals surface area (Å²) in [6.07, 6.45) is 5.66. The molecule has 0 bridgehead atoms. The van der Waals surface area contributed by atoms with Crippen LogP contribution in [0.4, 0.5) is 0 Å². The first-order valence-corrected chi connectivity index (χ1v) is 6.87. The van der Waals surface area contributed by atoms with Crippen LogP contribution in [0.5, 0.6) is 0 Å². The van der Waals surface area contributed by atoms with Gasteiger partial charge in [0.15, 0.2) is 0 Å². The van der Waals surface area contributed by atoms with Gasteiger partial charge < -0.3 is 5.73 Å². The predicted molar refractivity (Wildman–Crippen MR) is 74.6 cm³/mol. The molecule has 1 aromatic heterocycles. The highest BCUT2D eigenvalue weighted by molar-refractivity contribution is 5.83. The average molecular weight is 243 g/mol. The predicted octanol–water partition coefficient (Wildman–Crippen LogP) is 2.51. The van der Waals surface area contributed by atoms with Crippen LogP contribution in [-0.2, 0) is 19.4 Å². The topological polar surface area (TPSA) is 43.8 Å². The molecule has 0 amide bonds. The maximum Gasteiger partial charge on any atom is 0.0717 e. The molecule has 3 rings (SSSR count). The zero-order chi connectivity index (χ0) is 12.7. The largest absolute Gasteiger partial charge is 0.326 e. The molecule has 0 radical (unpaired) electrons. The third kappa shape index (κ3) is 1.93. The summed E-state index contributed by atoms with van der Waals surface area (Å²) in [5.74, 6) is 0.779. The summed E-state index contributed by atoms with van der Waals surface area (Å²) in [4.78, 5) is 0. The van der Waals surface area contributed by atoms with Gasteiger partial charge in [-0.2, -0.15) is 5.10 Å². The number of hydrogen-bond acceptors (Lipinski definition) is 2. The van der Waals surface area contributed by atoms with Gasteiger partial charge in [0.1, 0.15) is 0 Å². The van der Waals surface area contributed by atoms with Crippen molar-refractivity contribution in [3.63, 3.8) is 0 Å². The molecule has 96 valence electrons. The van der Waals surface area contributed by atoms with Gasteiger partial charge in [-0.25, -0.2) is 0 Å². The van der Waals surface area contributed by atoms with E-state index in [0.29, 0.717) is 0 Å². The molecule has 3 heteroatoms. The van der Waals surface area contributed by atoms with Gasteiger partial charge in [-0.05, 0) is 43.2 Å². The van der Waals surface area contributed by atoms with E-state index in [-0.39, 0.29) is 6.04 Å². The molecule has 2 N–H and O–H groups in total. The van der Waals surface area contributed by atoms with Crippen molar-refractivity contribution >= 4 is 10.9 Å². The molecule has 0 aliphatic heterocycles. The molecular formula is C15H21N3. The molecule has 0 fully saturated rings. The first-order chi connectivity index (χ1) is 8.65. The zero-order valence-corrected chi connectivity index (χ0v) is 11.2. The minimum absolute atomic E-state index is 0.143. The van der Waals surface area contributed by atoms with Gasteiger partial charge in [0.2, 0.25) is 0 Å². The fraction of sp³-hybridized carbons (Fsp3) is 0.533. The standard InChI is InChI=1S/C15H21N3/c1-10-3-4-12-5-6-13-8-17-18(9-11(2)16)15(13)14(12)7-10/h5-6,8,10-11H,3-4,7,9,16H2,1-2H3/t10-,11-/m0/s1. The van der Waals surface area contributed by atoms with Crippen molar-refractivity contribution < 1.29 is 0 Å². The molecule has 18 heavy (non-hydrogen) atoms. The Bertz CT molecular complexity index is 568. The van der Waals surface area contributed by atoms with Gasteiger partial charge in [0.05, 0.1) is 18.3 Å². The van der Waals surface area contributed by atoms with Crippen LogP contribution in [0.3, 0.4) is 0 Å². The van der Waals surface area contributed by atoms with Crippen molar-refractivity contribution in [1.82, 2.24) is 9.78 Å². The van der Waals surface area contributed by atoms with Gasteiger partial charge in [-0.1, -0.05) is 19.1 Å². The van der Waals surface area contributed by atoms with Crippen LogP contribution in [0.2, 0.25) is 0 Å². The summed E-state index contributed by atoms with van der Waals surface area (Å²) in [5, 5.41) is 5.76. The number of aromatic nitrogens is 2. The fourth-order valence-corrected chi connectivity index (χ4v) is 3.02. The highest BCUT2D eigenvalue weighted by atomic mass is 15.3. The van der Waals surface area contributed by atoms with Crippen LogP contribution >= 0.6 is 0 Å². The summed E-state index contributed by atoms with van der Waals surface area (Å²) >= 11 is 0. The average Bonchev–Trinajstić information content (AvgIpc) is 2.72. The monoisotopic (exact) mass is 243 g/mol. The minimum atomic E-state index is 0.143. The number of fused-ring (bicyclic) bond motifs is 3. The van der Waals surface area contributed by atoms with E-state index in [9.17, 15) is 0 Å². The first-order valence-electron chi connectivity index (χ1n) is 6.87. The van der Waals surface area contributed by atoms with Crippen LogP contribution < -0.4 is 5.73 Å². The van der Waals surface area contributed by atoms with Crippen LogP contribution in [0.15, 0.2) is 18.3 Å². The SMILES string of the molecule is C[C@H]1CCc2ccc3cnn(C[C@H](C)N)c3c2C1. The normalized spacial score (nSPS) is 20.9. The van der Waals surface area contributed by atoms with E-state index < -0.39 is 0 Å². The molecular weight excluding hydrogens is 222 g/mol. The Labute approximate surface area is 108 Å². The zero-order valence-electron chi connectivity index (χ0n) is 11.2. The number of hydrogen-bond donors (Lipinski definition) is 1. The Balaban J connectivity index is 2.16. The summed E-state index contributed by atoms with van der Waals surface area (Å²) in [6.45, 7) is 5.17. The minimum Gasteiger partial charge on any atom is -0.326 e. The fourth-order valence-electron chi connectivity index (χ4n) is 3.02. The molecule has 0 spiro atoms. The van der Waals surface area contributed by atoms with E-state index in [0.717, 1.165) is 12.5 Å². The Morgan fingerprint density at radius 3 is 3.11 bits per heavy atom.